The number of benzene rings is 1. The summed E-state index contributed by atoms with van der Waals surface area (Å²) in [6.45, 7) is 0.368. The van der Waals surface area contributed by atoms with Gasteiger partial charge in [0.1, 0.15) is 0 Å². The van der Waals surface area contributed by atoms with Crippen LogP contribution in [0.3, 0.4) is 0 Å². The van der Waals surface area contributed by atoms with E-state index in [1.165, 1.54) is 6.07 Å². The van der Waals surface area contributed by atoms with Crippen molar-refractivity contribution in [2.45, 2.75) is 19.3 Å². The molecule has 20 heavy (non-hydrogen) atoms. The zero-order valence-electron chi connectivity index (χ0n) is 11.0. The van der Waals surface area contributed by atoms with Gasteiger partial charge in [0.25, 0.3) is 5.91 Å². The molecule has 1 saturated carbocycles. The van der Waals surface area contributed by atoms with Crippen LogP contribution >= 0.6 is 0 Å². The molecule has 2 rings (SSSR count). The Kier molecular flexibility index (Phi) is 4.36. The molecule has 104 valence electrons. The average molecular weight is 272 g/mol. The molecule has 1 fully saturated rings. The number of carboxylic acids is 1. The molecule has 1 aromatic carbocycles. The maximum Gasteiger partial charge on any atom is 0.306 e. The van der Waals surface area contributed by atoms with Gasteiger partial charge in [-0.2, -0.15) is 5.26 Å². The number of amides is 1. The van der Waals surface area contributed by atoms with Crippen LogP contribution < -0.4 is 5.32 Å². The van der Waals surface area contributed by atoms with E-state index >= 15 is 0 Å². The highest BCUT2D eigenvalue weighted by Gasteiger charge is 2.32. The van der Waals surface area contributed by atoms with Crippen molar-refractivity contribution in [1.82, 2.24) is 5.32 Å². The third-order valence-corrected chi connectivity index (χ3v) is 3.75. The number of nitrogens with zero attached hydrogens (tertiary/aromatic N) is 1. The van der Waals surface area contributed by atoms with E-state index in [0.29, 0.717) is 24.1 Å². The number of hydrogen-bond acceptors (Lipinski definition) is 3. The first kappa shape index (κ1) is 14.1. The van der Waals surface area contributed by atoms with Gasteiger partial charge >= 0.3 is 5.97 Å². The first-order valence-electron chi connectivity index (χ1n) is 6.63. The smallest absolute Gasteiger partial charge is 0.306 e. The normalized spacial score (nSPS) is 21.1. The van der Waals surface area contributed by atoms with Crippen LogP contribution in [0, 0.1) is 23.2 Å². The molecule has 0 radical (unpaired) electrons. The van der Waals surface area contributed by atoms with Gasteiger partial charge in [-0.05, 0) is 37.0 Å². The molecule has 0 heterocycles. The number of aliphatic carboxylic acids is 1. The Hall–Kier alpha value is -2.35. The van der Waals surface area contributed by atoms with E-state index in [9.17, 15) is 9.59 Å². The molecule has 2 unspecified atom stereocenters. The second-order valence-electron chi connectivity index (χ2n) is 5.04. The highest BCUT2D eigenvalue weighted by molar-refractivity contribution is 5.94. The van der Waals surface area contributed by atoms with E-state index in [2.05, 4.69) is 5.32 Å². The lowest BCUT2D eigenvalue weighted by molar-refractivity contribution is -0.142. The maximum atomic E-state index is 12.0. The van der Waals surface area contributed by atoms with E-state index in [0.717, 1.165) is 12.8 Å². The quantitative estimate of drug-likeness (QED) is 0.874. The SMILES string of the molecule is N#Cc1cccc(C(=O)NCC2CCCC2C(=O)O)c1. The topological polar surface area (TPSA) is 90.2 Å². The van der Waals surface area contributed by atoms with Crippen molar-refractivity contribution >= 4 is 11.9 Å². The number of nitrogens with one attached hydrogen (secondary N) is 1. The van der Waals surface area contributed by atoms with Crippen molar-refractivity contribution in [1.29, 1.82) is 5.26 Å². The standard InChI is InChI=1S/C15H16N2O3/c16-8-10-3-1-4-11(7-10)14(18)17-9-12-5-2-6-13(12)15(19)20/h1,3-4,7,12-13H,2,5-6,9H2,(H,17,18)(H,19,20). The van der Waals surface area contributed by atoms with Crippen LogP contribution in [0.15, 0.2) is 24.3 Å². The molecule has 5 heteroatoms. The predicted octanol–water partition coefficient (Wildman–Crippen LogP) is 1.79. The first-order valence-corrected chi connectivity index (χ1v) is 6.63. The van der Waals surface area contributed by atoms with Gasteiger partial charge in [0.15, 0.2) is 0 Å². The molecular weight excluding hydrogens is 256 g/mol. The van der Waals surface area contributed by atoms with Crippen LogP contribution in [0.5, 0.6) is 0 Å². The van der Waals surface area contributed by atoms with Crippen LogP contribution in [0.1, 0.15) is 35.2 Å². The summed E-state index contributed by atoms with van der Waals surface area (Å²) < 4.78 is 0. The lowest BCUT2D eigenvalue weighted by atomic mass is 9.96. The Morgan fingerprint density at radius 3 is 2.90 bits per heavy atom. The monoisotopic (exact) mass is 272 g/mol. The van der Waals surface area contributed by atoms with Crippen molar-refractivity contribution in [3.8, 4) is 6.07 Å². The number of carbonyl (C=O) groups excluding carboxylic acids is 1. The minimum Gasteiger partial charge on any atom is -0.481 e. The zero-order valence-corrected chi connectivity index (χ0v) is 11.0. The number of nitriles is 1. The van der Waals surface area contributed by atoms with Crippen LogP contribution in [0.2, 0.25) is 0 Å². The predicted molar refractivity (Wildman–Crippen MR) is 72.0 cm³/mol. The molecule has 0 bridgehead atoms. The fraction of sp³-hybridized carbons (Fsp3) is 0.400. The second-order valence-corrected chi connectivity index (χ2v) is 5.04. The zero-order chi connectivity index (χ0) is 14.5. The lowest BCUT2D eigenvalue weighted by Gasteiger charge is -2.16. The van der Waals surface area contributed by atoms with E-state index < -0.39 is 5.97 Å². The highest BCUT2D eigenvalue weighted by Crippen LogP contribution is 2.31. The van der Waals surface area contributed by atoms with Crippen molar-refractivity contribution in [3.63, 3.8) is 0 Å². The molecule has 1 amide bonds. The van der Waals surface area contributed by atoms with Gasteiger partial charge in [-0.15, -0.1) is 0 Å². The average Bonchev–Trinajstić information content (AvgIpc) is 2.93. The number of hydrogen-bond donors (Lipinski definition) is 2. The van der Waals surface area contributed by atoms with E-state index in [4.69, 9.17) is 10.4 Å². The molecule has 0 saturated heterocycles. The Labute approximate surface area is 117 Å². The highest BCUT2D eigenvalue weighted by atomic mass is 16.4. The van der Waals surface area contributed by atoms with Gasteiger partial charge in [0, 0.05) is 12.1 Å². The first-order chi connectivity index (χ1) is 9.61. The van der Waals surface area contributed by atoms with E-state index in [1.807, 2.05) is 6.07 Å². The summed E-state index contributed by atoms with van der Waals surface area (Å²) in [5.41, 5.74) is 0.857. The summed E-state index contributed by atoms with van der Waals surface area (Å²) in [4.78, 5) is 23.0. The largest absolute Gasteiger partial charge is 0.481 e. The van der Waals surface area contributed by atoms with Gasteiger partial charge < -0.3 is 10.4 Å². The summed E-state index contributed by atoms with van der Waals surface area (Å²) in [6, 6.07) is 8.44. The fourth-order valence-corrected chi connectivity index (χ4v) is 2.66. The van der Waals surface area contributed by atoms with Crippen molar-refractivity contribution in [2.75, 3.05) is 6.54 Å². The summed E-state index contributed by atoms with van der Waals surface area (Å²) in [5, 5.41) is 20.6. The molecular formula is C15H16N2O3. The van der Waals surface area contributed by atoms with E-state index in [1.54, 1.807) is 18.2 Å². The Morgan fingerprint density at radius 2 is 2.20 bits per heavy atom. The molecule has 0 spiro atoms. The molecule has 1 aliphatic carbocycles. The fourth-order valence-electron chi connectivity index (χ4n) is 2.66. The van der Waals surface area contributed by atoms with Crippen LogP contribution in [-0.4, -0.2) is 23.5 Å². The number of rotatable bonds is 4. The molecule has 1 aliphatic rings. The van der Waals surface area contributed by atoms with Gasteiger partial charge in [-0.25, -0.2) is 0 Å². The molecule has 0 aliphatic heterocycles. The summed E-state index contributed by atoms with van der Waals surface area (Å²) >= 11 is 0. The van der Waals surface area contributed by atoms with Crippen molar-refractivity contribution in [2.24, 2.45) is 11.8 Å². The molecule has 5 nitrogen and oxygen atoms in total. The third-order valence-electron chi connectivity index (χ3n) is 3.75. The van der Waals surface area contributed by atoms with Crippen LogP contribution in [0.4, 0.5) is 0 Å². The van der Waals surface area contributed by atoms with Crippen LogP contribution in [-0.2, 0) is 4.79 Å². The minimum absolute atomic E-state index is 0.00407. The van der Waals surface area contributed by atoms with Gasteiger partial charge in [-0.1, -0.05) is 12.5 Å². The Morgan fingerprint density at radius 1 is 1.40 bits per heavy atom. The van der Waals surface area contributed by atoms with Gasteiger partial charge in [0.2, 0.25) is 0 Å². The Balaban J connectivity index is 1.95. The molecule has 0 aromatic heterocycles. The third kappa shape index (κ3) is 3.15. The second kappa shape index (κ2) is 6.20. The van der Waals surface area contributed by atoms with E-state index in [-0.39, 0.29) is 17.7 Å². The maximum absolute atomic E-state index is 12.0. The van der Waals surface area contributed by atoms with Crippen LogP contribution in [0.25, 0.3) is 0 Å². The number of carbonyl (C=O) groups is 2. The summed E-state index contributed by atoms with van der Waals surface area (Å²) in [7, 11) is 0. The summed E-state index contributed by atoms with van der Waals surface area (Å²) in [5.74, 6) is -1.41. The van der Waals surface area contributed by atoms with Crippen molar-refractivity contribution < 1.29 is 14.7 Å². The van der Waals surface area contributed by atoms with Gasteiger partial charge in [-0.3, -0.25) is 9.59 Å². The number of carboxylic acid groups (broad SMARTS) is 1. The summed E-state index contributed by atoms with van der Waals surface area (Å²) in [6.07, 6.45) is 2.40. The van der Waals surface area contributed by atoms with Gasteiger partial charge in [0.05, 0.1) is 17.6 Å². The van der Waals surface area contributed by atoms with Crippen molar-refractivity contribution in [3.05, 3.63) is 35.4 Å². The molecule has 2 N–H and O–H groups in total. The Bertz CT molecular complexity index is 562. The minimum atomic E-state index is -0.784. The molecule has 2 atom stereocenters. The molecule has 1 aromatic rings. The lowest BCUT2D eigenvalue weighted by Crippen LogP contribution is -2.33.